The van der Waals surface area contributed by atoms with E-state index in [4.69, 9.17) is 4.98 Å². The number of hydrogen-bond donors (Lipinski definition) is 1. The van der Waals surface area contributed by atoms with Gasteiger partial charge in [0.2, 0.25) is 0 Å². The molecule has 0 aliphatic rings. The lowest BCUT2D eigenvalue weighted by molar-refractivity contribution is 0.0953. The highest BCUT2D eigenvalue weighted by Crippen LogP contribution is 2.18. The number of aryl methyl sites for hydroxylation is 2. The van der Waals surface area contributed by atoms with Crippen LogP contribution in [-0.2, 0) is 13.0 Å². The van der Waals surface area contributed by atoms with Crippen LogP contribution in [0.2, 0.25) is 0 Å². The van der Waals surface area contributed by atoms with Gasteiger partial charge in [0.25, 0.3) is 5.91 Å². The SMILES string of the molecule is CCCCCCCn1c(CCCNC(=O)c2ccc(Br)cc2)nc2ccccc21. The van der Waals surface area contributed by atoms with Crippen molar-refractivity contribution in [1.29, 1.82) is 0 Å². The van der Waals surface area contributed by atoms with E-state index in [0.29, 0.717) is 12.1 Å². The molecule has 0 saturated heterocycles. The Bertz CT molecular complexity index is 918. The summed E-state index contributed by atoms with van der Waals surface area (Å²) in [5.74, 6) is 1.10. The van der Waals surface area contributed by atoms with Crippen molar-refractivity contribution in [3.63, 3.8) is 0 Å². The summed E-state index contributed by atoms with van der Waals surface area (Å²) in [7, 11) is 0. The van der Waals surface area contributed by atoms with Crippen LogP contribution in [0.5, 0.6) is 0 Å². The summed E-state index contributed by atoms with van der Waals surface area (Å²) in [6.07, 6.45) is 8.09. The van der Waals surface area contributed by atoms with Crippen LogP contribution in [-0.4, -0.2) is 22.0 Å². The van der Waals surface area contributed by atoms with Crippen LogP contribution in [0.1, 0.15) is 61.6 Å². The number of unbranched alkanes of at least 4 members (excludes halogenated alkanes) is 4. The van der Waals surface area contributed by atoms with Crippen LogP contribution in [0.15, 0.2) is 53.0 Å². The van der Waals surface area contributed by atoms with Crippen LogP contribution in [0.25, 0.3) is 11.0 Å². The fraction of sp³-hybridized carbons (Fsp3) is 0.417. The van der Waals surface area contributed by atoms with Crippen molar-refractivity contribution < 1.29 is 4.79 Å². The molecule has 0 radical (unpaired) electrons. The molecule has 0 bridgehead atoms. The molecule has 0 fully saturated rings. The van der Waals surface area contributed by atoms with Crippen molar-refractivity contribution in [2.45, 2.75) is 58.4 Å². The molecule has 1 heterocycles. The van der Waals surface area contributed by atoms with E-state index in [2.05, 4.69) is 50.9 Å². The Balaban J connectivity index is 1.55. The number of benzene rings is 2. The zero-order valence-corrected chi connectivity index (χ0v) is 18.7. The Morgan fingerprint density at radius 2 is 1.76 bits per heavy atom. The fourth-order valence-corrected chi connectivity index (χ4v) is 3.86. The van der Waals surface area contributed by atoms with Gasteiger partial charge in [-0.25, -0.2) is 4.98 Å². The Morgan fingerprint density at radius 1 is 1.00 bits per heavy atom. The molecular weight excluding hydrogens is 426 g/mol. The average Bonchev–Trinajstić information content (AvgIpc) is 3.09. The molecule has 0 aliphatic carbocycles. The average molecular weight is 456 g/mol. The molecule has 5 heteroatoms. The van der Waals surface area contributed by atoms with Crippen molar-refractivity contribution in [2.24, 2.45) is 0 Å². The monoisotopic (exact) mass is 455 g/mol. The molecule has 0 spiro atoms. The summed E-state index contributed by atoms with van der Waals surface area (Å²) >= 11 is 3.39. The maximum Gasteiger partial charge on any atom is 0.251 e. The van der Waals surface area contributed by atoms with E-state index < -0.39 is 0 Å². The fourth-order valence-electron chi connectivity index (χ4n) is 3.59. The van der Waals surface area contributed by atoms with Gasteiger partial charge in [-0.3, -0.25) is 4.79 Å². The minimum Gasteiger partial charge on any atom is -0.352 e. The summed E-state index contributed by atoms with van der Waals surface area (Å²) in [5.41, 5.74) is 2.97. The predicted molar refractivity (Wildman–Crippen MR) is 123 cm³/mol. The van der Waals surface area contributed by atoms with Crippen LogP contribution in [0.3, 0.4) is 0 Å². The minimum absolute atomic E-state index is 0.0260. The number of nitrogens with zero attached hydrogens (tertiary/aromatic N) is 2. The number of fused-ring (bicyclic) bond motifs is 1. The Hall–Kier alpha value is -2.14. The highest BCUT2D eigenvalue weighted by molar-refractivity contribution is 9.10. The Kier molecular flexibility index (Phi) is 8.29. The molecule has 29 heavy (non-hydrogen) atoms. The topological polar surface area (TPSA) is 46.9 Å². The van der Waals surface area contributed by atoms with E-state index in [0.717, 1.165) is 35.2 Å². The maximum atomic E-state index is 12.3. The molecule has 4 nitrogen and oxygen atoms in total. The highest BCUT2D eigenvalue weighted by Gasteiger charge is 2.10. The van der Waals surface area contributed by atoms with Gasteiger partial charge in [-0.15, -0.1) is 0 Å². The number of aromatic nitrogens is 2. The maximum absolute atomic E-state index is 12.3. The van der Waals surface area contributed by atoms with Gasteiger partial charge in [0, 0.05) is 29.5 Å². The van der Waals surface area contributed by atoms with Gasteiger partial charge in [-0.2, -0.15) is 0 Å². The molecule has 0 atom stereocenters. The van der Waals surface area contributed by atoms with Crippen molar-refractivity contribution >= 4 is 32.9 Å². The number of hydrogen-bond acceptors (Lipinski definition) is 2. The van der Waals surface area contributed by atoms with Gasteiger partial charge in [0.15, 0.2) is 0 Å². The van der Waals surface area contributed by atoms with Crippen molar-refractivity contribution in [3.8, 4) is 0 Å². The van der Waals surface area contributed by atoms with E-state index in [1.165, 1.54) is 37.6 Å². The molecule has 3 rings (SSSR count). The quantitative estimate of drug-likeness (QED) is 0.353. The van der Waals surface area contributed by atoms with Crippen molar-refractivity contribution in [2.75, 3.05) is 6.54 Å². The summed E-state index contributed by atoms with van der Waals surface area (Å²) in [4.78, 5) is 17.1. The van der Waals surface area contributed by atoms with E-state index >= 15 is 0 Å². The largest absolute Gasteiger partial charge is 0.352 e. The number of carbonyl (C=O) groups is 1. The van der Waals surface area contributed by atoms with Crippen LogP contribution < -0.4 is 5.32 Å². The Morgan fingerprint density at radius 3 is 2.55 bits per heavy atom. The lowest BCUT2D eigenvalue weighted by Gasteiger charge is -2.10. The molecule has 154 valence electrons. The zero-order valence-electron chi connectivity index (χ0n) is 17.2. The molecule has 3 aromatic rings. The molecule has 1 N–H and O–H groups in total. The second kappa shape index (κ2) is 11.1. The van der Waals surface area contributed by atoms with Gasteiger partial charge in [0.1, 0.15) is 5.82 Å². The van der Waals surface area contributed by atoms with Gasteiger partial charge >= 0.3 is 0 Å². The summed E-state index contributed by atoms with van der Waals surface area (Å²) in [6, 6.07) is 15.8. The lowest BCUT2D eigenvalue weighted by atomic mass is 10.1. The van der Waals surface area contributed by atoms with E-state index in [9.17, 15) is 4.79 Å². The Labute approximate surface area is 181 Å². The zero-order chi connectivity index (χ0) is 20.5. The molecule has 0 unspecified atom stereocenters. The first-order chi connectivity index (χ1) is 14.2. The number of amides is 1. The second-order valence-corrected chi connectivity index (χ2v) is 8.36. The lowest BCUT2D eigenvalue weighted by Crippen LogP contribution is -2.25. The number of halogens is 1. The first-order valence-corrected chi connectivity index (χ1v) is 11.5. The van der Waals surface area contributed by atoms with E-state index in [1.54, 1.807) is 0 Å². The standard InChI is InChI=1S/C24H30BrN3O/c1-2-3-4-5-8-18-28-22-11-7-6-10-21(22)27-23(28)12-9-17-26-24(29)19-13-15-20(25)16-14-19/h6-7,10-11,13-16H,2-5,8-9,12,17-18H2,1H3,(H,26,29). The smallest absolute Gasteiger partial charge is 0.251 e. The summed E-state index contributed by atoms with van der Waals surface area (Å²) in [6.45, 7) is 3.91. The number of carbonyl (C=O) groups excluding carboxylic acids is 1. The first kappa shape index (κ1) is 21.6. The van der Waals surface area contributed by atoms with E-state index in [1.807, 2.05) is 30.3 Å². The molecule has 0 aliphatic heterocycles. The van der Waals surface area contributed by atoms with E-state index in [-0.39, 0.29) is 5.91 Å². The van der Waals surface area contributed by atoms with Gasteiger partial charge in [0.05, 0.1) is 11.0 Å². The summed E-state index contributed by atoms with van der Waals surface area (Å²) in [5, 5.41) is 3.02. The number of imidazole rings is 1. The third-order valence-corrected chi connectivity index (χ3v) is 5.72. The van der Waals surface area contributed by atoms with Gasteiger partial charge in [-0.05, 0) is 49.2 Å². The summed E-state index contributed by atoms with van der Waals surface area (Å²) < 4.78 is 3.35. The number of nitrogens with one attached hydrogen (secondary N) is 1. The van der Waals surface area contributed by atoms with Crippen LogP contribution >= 0.6 is 15.9 Å². The molecule has 2 aromatic carbocycles. The van der Waals surface area contributed by atoms with Gasteiger partial charge in [-0.1, -0.05) is 60.7 Å². The highest BCUT2D eigenvalue weighted by atomic mass is 79.9. The number of para-hydroxylation sites is 2. The van der Waals surface area contributed by atoms with Crippen molar-refractivity contribution in [1.82, 2.24) is 14.9 Å². The number of rotatable bonds is 11. The van der Waals surface area contributed by atoms with Crippen molar-refractivity contribution in [3.05, 3.63) is 64.4 Å². The predicted octanol–water partition coefficient (Wildman–Crippen LogP) is 6.13. The third kappa shape index (κ3) is 6.17. The molecule has 1 amide bonds. The molecular formula is C24H30BrN3O. The minimum atomic E-state index is -0.0260. The normalized spacial score (nSPS) is 11.1. The molecule has 1 aromatic heterocycles. The van der Waals surface area contributed by atoms with Crippen LogP contribution in [0, 0.1) is 0 Å². The second-order valence-electron chi connectivity index (χ2n) is 7.45. The first-order valence-electron chi connectivity index (χ1n) is 10.7. The molecule has 0 saturated carbocycles. The van der Waals surface area contributed by atoms with Crippen LogP contribution in [0.4, 0.5) is 0 Å². The van der Waals surface area contributed by atoms with Gasteiger partial charge < -0.3 is 9.88 Å². The third-order valence-electron chi connectivity index (χ3n) is 5.19.